The van der Waals surface area contributed by atoms with Crippen LogP contribution in [0.5, 0.6) is 0 Å². The second-order valence-corrected chi connectivity index (χ2v) is 7.95. The first-order chi connectivity index (χ1) is 9.97. The molecule has 0 saturated carbocycles. The molecule has 0 atom stereocenters. The number of thiazole rings is 1. The van der Waals surface area contributed by atoms with Crippen molar-refractivity contribution in [3.8, 4) is 0 Å². The first-order valence-electron chi connectivity index (χ1n) is 6.88. The van der Waals surface area contributed by atoms with E-state index in [2.05, 4.69) is 21.1 Å². The van der Waals surface area contributed by atoms with Crippen LogP contribution in [0.1, 0.15) is 39.0 Å². The predicted octanol–water partition coefficient (Wildman–Crippen LogP) is 2.27. The van der Waals surface area contributed by atoms with Crippen LogP contribution in [0.2, 0.25) is 0 Å². The van der Waals surface area contributed by atoms with Gasteiger partial charge in [-0.25, -0.2) is 18.1 Å². The number of aromatic nitrogens is 1. The number of amides is 1. The summed E-state index contributed by atoms with van der Waals surface area (Å²) in [4.78, 5) is 14.8. The maximum absolute atomic E-state index is 12.1. The molecule has 1 aromatic rings. The lowest BCUT2D eigenvalue weighted by molar-refractivity contribution is -0.114. The van der Waals surface area contributed by atoms with Gasteiger partial charge in [0.15, 0.2) is 9.34 Å². The summed E-state index contributed by atoms with van der Waals surface area (Å²) in [6.45, 7) is 1.74. The van der Waals surface area contributed by atoms with Gasteiger partial charge in [0.1, 0.15) is 0 Å². The molecule has 1 aliphatic rings. The largest absolute Gasteiger partial charge is 0.302 e. The van der Waals surface area contributed by atoms with Gasteiger partial charge in [0.25, 0.3) is 10.0 Å². The summed E-state index contributed by atoms with van der Waals surface area (Å²) in [5, 5.41) is 2.76. The predicted molar refractivity (Wildman–Crippen MR) is 82.8 cm³/mol. The van der Waals surface area contributed by atoms with Gasteiger partial charge in [-0.2, -0.15) is 0 Å². The third-order valence-electron chi connectivity index (χ3n) is 3.16. The maximum Gasteiger partial charge on any atom is 0.251 e. The minimum Gasteiger partial charge on any atom is -0.302 e. The van der Waals surface area contributed by atoms with Crippen molar-refractivity contribution in [3.63, 3.8) is 0 Å². The second kappa shape index (κ2) is 7.15. The monoisotopic (exact) mass is 329 g/mol. The van der Waals surface area contributed by atoms with Crippen LogP contribution in [-0.2, 0) is 14.8 Å². The number of carbonyl (C=O) groups excluding carboxylic acids is 1. The number of anilines is 1. The van der Waals surface area contributed by atoms with E-state index in [4.69, 9.17) is 0 Å². The van der Waals surface area contributed by atoms with Crippen molar-refractivity contribution in [2.24, 2.45) is 0 Å². The fourth-order valence-corrected chi connectivity index (χ4v) is 4.29. The number of nitrogens with zero attached hydrogens (tertiary/aromatic N) is 1. The SMILES string of the molecule is CC(=O)Nc1ncc(S(=O)(=O)NCCC2=CCCCC2)s1. The van der Waals surface area contributed by atoms with E-state index in [0.29, 0.717) is 6.54 Å². The highest BCUT2D eigenvalue weighted by Gasteiger charge is 2.18. The Bertz CT molecular complexity index is 635. The molecule has 6 nitrogen and oxygen atoms in total. The zero-order valence-electron chi connectivity index (χ0n) is 11.9. The highest BCUT2D eigenvalue weighted by Crippen LogP contribution is 2.23. The van der Waals surface area contributed by atoms with Gasteiger partial charge >= 0.3 is 0 Å². The van der Waals surface area contributed by atoms with E-state index < -0.39 is 10.0 Å². The zero-order chi connectivity index (χ0) is 15.3. The van der Waals surface area contributed by atoms with E-state index in [9.17, 15) is 13.2 Å². The van der Waals surface area contributed by atoms with Gasteiger partial charge in [-0.1, -0.05) is 23.0 Å². The lowest BCUT2D eigenvalue weighted by atomic mass is 9.97. The Morgan fingerprint density at radius 1 is 1.43 bits per heavy atom. The minimum absolute atomic E-state index is 0.115. The van der Waals surface area contributed by atoms with Gasteiger partial charge in [-0.15, -0.1) is 0 Å². The average molecular weight is 329 g/mol. The van der Waals surface area contributed by atoms with Gasteiger partial charge in [-0.05, 0) is 32.1 Å². The number of rotatable bonds is 6. The van der Waals surface area contributed by atoms with Gasteiger partial charge < -0.3 is 5.32 Å². The molecule has 0 fully saturated rings. The molecule has 116 valence electrons. The van der Waals surface area contributed by atoms with Crippen LogP contribution in [0.15, 0.2) is 22.1 Å². The second-order valence-electron chi connectivity index (χ2n) is 4.92. The third kappa shape index (κ3) is 4.90. The van der Waals surface area contributed by atoms with E-state index in [-0.39, 0.29) is 15.2 Å². The maximum atomic E-state index is 12.1. The molecular formula is C13H19N3O3S2. The first kappa shape index (κ1) is 16.1. The molecule has 2 N–H and O–H groups in total. The summed E-state index contributed by atoms with van der Waals surface area (Å²) < 4.78 is 26.9. The highest BCUT2D eigenvalue weighted by molar-refractivity contribution is 7.91. The van der Waals surface area contributed by atoms with Crippen LogP contribution in [-0.4, -0.2) is 25.9 Å². The molecule has 2 rings (SSSR count). The van der Waals surface area contributed by atoms with E-state index in [1.54, 1.807) is 0 Å². The van der Waals surface area contributed by atoms with Crippen molar-refractivity contribution in [3.05, 3.63) is 17.8 Å². The molecule has 0 aliphatic heterocycles. The zero-order valence-corrected chi connectivity index (χ0v) is 13.5. The van der Waals surface area contributed by atoms with E-state index in [1.165, 1.54) is 31.5 Å². The summed E-state index contributed by atoms with van der Waals surface area (Å²) in [7, 11) is -3.55. The van der Waals surface area contributed by atoms with Gasteiger partial charge in [0, 0.05) is 13.5 Å². The van der Waals surface area contributed by atoms with E-state index in [1.807, 2.05) is 0 Å². The summed E-state index contributed by atoms with van der Waals surface area (Å²) >= 11 is 0.946. The lowest BCUT2D eigenvalue weighted by Crippen LogP contribution is -2.24. The smallest absolute Gasteiger partial charge is 0.251 e. The molecule has 1 amide bonds. The third-order valence-corrected chi connectivity index (χ3v) is 5.99. The standard InChI is InChI=1S/C13H19N3O3S2/c1-10(17)16-13-14-9-12(20-13)21(18,19)15-8-7-11-5-3-2-4-6-11/h5,9,15H,2-4,6-8H2,1H3,(H,14,16,17). The van der Waals surface area contributed by atoms with Crippen LogP contribution in [0, 0.1) is 0 Å². The number of allylic oxidation sites excluding steroid dienone is 1. The van der Waals surface area contributed by atoms with Crippen molar-refractivity contribution < 1.29 is 13.2 Å². The van der Waals surface area contributed by atoms with Gasteiger partial charge in [-0.3, -0.25) is 4.79 Å². The van der Waals surface area contributed by atoms with Crippen LogP contribution in [0.4, 0.5) is 5.13 Å². The summed E-state index contributed by atoms with van der Waals surface area (Å²) in [5.41, 5.74) is 1.33. The fraction of sp³-hybridized carbons (Fsp3) is 0.538. The molecule has 1 aliphatic carbocycles. The lowest BCUT2D eigenvalue weighted by Gasteiger charge is -2.12. The Balaban J connectivity index is 1.90. The van der Waals surface area contributed by atoms with E-state index in [0.717, 1.165) is 30.6 Å². The Morgan fingerprint density at radius 2 is 2.24 bits per heavy atom. The molecule has 8 heteroatoms. The molecule has 1 heterocycles. The van der Waals surface area contributed by atoms with E-state index >= 15 is 0 Å². The molecule has 0 saturated heterocycles. The molecule has 0 radical (unpaired) electrons. The number of hydrogen-bond acceptors (Lipinski definition) is 5. The van der Waals surface area contributed by atoms with Crippen molar-refractivity contribution in [1.29, 1.82) is 0 Å². The quantitative estimate of drug-likeness (QED) is 0.784. The van der Waals surface area contributed by atoms with Gasteiger partial charge in [0.05, 0.1) is 6.20 Å². The van der Waals surface area contributed by atoms with Gasteiger partial charge in [0.2, 0.25) is 5.91 Å². The van der Waals surface area contributed by atoms with Crippen molar-refractivity contribution in [1.82, 2.24) is 9.71 Å². The number of sulfonamides is 1. The average Bonchev–Trinajstić information content (AvgIpc) is 2.88. The Kier molecular flexibility index (Phi) is 5.49. The molecule has 0 unspecified atom stereocenters. The highest BCUT2D eigenvalue weighted by atomic mass is 32.2. The number of hydrogen-bond donors (Lipinski definition) is 2. The molecular weight excluding hydrogens is 310 g/mol. The van der Waals surface area contributed by atoms with Crippen molar-refractivity contribution >= 4 is 32.4 Å². The first-order valence-corrected chi connectivity index (χ1v) is 9.18. The molecule has 21 heavy (non-hydrogen) atoms. The number of carbonyl (C=O) groups is 1. The summed E-state index contributed by atoms with van der Waals surface area (Å²) in [6, 6.07) is 0. The Morgan fingerprint density at radius 3 is 2.90 bits per heavy atom. The van der Waals surface area contributed by atoms with Crippen LogP contribution in [0.25, 0.3) is 0 Å². The molecule has 0 spiro atoms. The van der Waals surface area contributed by atoms with Crippen LogP contribution in [0.3, 0.4) is 0 Å². The molecule has 1 aromatic heterocycles. The van der Waals surface area contributed by atoms with Crippen LogP contribution >= 0.6 is 11.3 Å². The number of nitrogens with one attached hydrogen (secondary N) is 2. The Hall–Kier alpha value is -1.25. The summed E-state index contributed by atoms with van der Waals surface area (Å²) in [5.74, 6) is -0.273. The molecule has 0 bridgehead atoms. The topological polar surface area (TPSA) is 88.2 Å². The van der Waals surface area contributed by atoms with Crippen molar-refractivity contribution in [2.45, 2.75) is 43.2 Å². The van der Waals surface area contributed by atoms with Crippen molar-refractivity contribution in [2.75, 3.05) is 11.9 Å². The molecule has 0 aromatic carbocycles. The minimum atomic E-state index is -3.55. The summed E-state index contributed by atoms with van der Waals surface area (Å²) in [6.07, 6.45) is 8.79. The fourth-order valence-electron chi connectivity index (χ4n) is 2.14. The normalized spacial score (nSPS) is 15.6. The van der Waals surface area contributed by atoms with Crippen LogP contribution < -0.4 is 10.0 Å². The Labute approximate surface area is 128 Å².